The van der Waals surface area contributed by atoms with Crippen LogP contribution in [0.2, 0.25) is 0 Å². The maximum Gasteiger partial charge on any atom is 0.234 e. The first-order valence-electron chi connectivity index (χ1n) is 7.17. The third-order valence-electron chi connectivity index (χ3n) is 3.77. The number of nitrogens with zero attached hydrogens (tertiary/aromatic N) is 1. The van der Waals surface area contributed by atoms with Crippen LogP contribution < -0.4 is 10.6 Å². The minimum Gasteiger partial charge on any atom is -0.352 e. The number of hydrogen-bond acceptors (Lipinski definition) is 3. The number of carbonyl (C=O) groups is 1. The summed E-state index contributed by atoms with van der Waals surface area (Å²) in [7, 11) is 2.04. The summed E-state index contributed by atoms with van der Waals surface area (Å²) in [5, 5.41) is 6.46. The average Bonchev–Trinajstić information content (AvgIpc) is 2.29. The summed E-state index contributed by atoms with van der Waals surface area (Å²) in [5.41, 5.74) is 0. The minimum absolute atomic E-state index is 0.141. The Morgan fingerprint density at radius 1 is 1.44 bits per heavy atom. The second kappa shape index (κ2) is 7.74. The van der Waals surface area contributed by atoms with Gasteiger partial charge in [-0.2, -0.15) is 0 Å². The van der Waals surface area contributed by atoms with Gasteiger partial charge in [0.15, 0.2) is 0 Å². The molecule has 0 aromatic rings. The van der Waals surface area contributed by atoms with Gasteiger partial charge in [0.1, 0.15) is 0 Å². The van der Waals surface area contributed by atoms with Crippen LogP contribution in [-0.4, -0.2) is 50.1 Å². The first kappa shape index (κ1) is 15.4. The van der Waals surface area contributed by atoms with Crippen LogP contribution in [-0.2, 0) is 4.79 Å². The van der Waals surface area contributed by atoms with E-state index in [1.54, 1.807) is 0 Å². The van der Waals surface area contributed by atoms with Crippen molar-refractivity contribution in [3.63, 3.8) is 0 Å². The van der Waals surface area contributed by atoms with Crippen LogP contribution in [0.25, 0.3) is 0 Å². The summed E-state index contributed by atoms with van der Waals surface area (Å²) < 4.78 is 0. The number of nitrogens with one attached hydrogen (secondary N) is 2. The lowest BCUT2D eigenvalue weighted by atomic mass is 9.99. The SMILES string of the molecule is CC(C)C(C)NC(=O)CN(C)CC1CCCNC1. The highest BCUT2D eigenvalue weighted by atomic mass is 16.2. The molecule has 0 spiro atoms. The van der Waals surface area contributed by atoms with Crippen LogP contribution in [0.15, 0.2) is 0 Å². The lowest BCUT2D eigenvalue weighted by Gasteiger charge is -2.27. The quantitative estimate of drug-likeness (QED) is 0.746. The molecular weight excluding hydrogens is 226 g/mol. The van der Waals surface area contributed by atoms with Gasteiger partial charge in [0.05, 0.1) is 6.54 Å². The molecule has 18 heavy (non-hydrogen) atoms. The van der Waals surface area contributed by atoms with Crippen LogP contribution in [0, 0.1) is 11.8 Å². The molecule has 0 aromatic carbocycles. The highest BCUT2D eigenvalue weighted by molar-refractivity contribution is 5.78. The van der Waals surface area contributed by atoms with E-state index < -0.39 is 0 Å². The van der Waals surface area contributed by atoms with E-state index >= 15 is 0 Å². The van der Waals surface area contributed by atoms with E-state index in [-0.39, 0.29) is 11.9 Å². The molecule has 0 aliphatic carbocycles. The van der Waals surface area contributed by atoms with Gasteiger partial charge in [0.25, 0.3) is 0 Å². The molecule has 1 heterocycles. The zero-order chi connectivity index (χ0) is 13.5. The van der Waals surface area contributed by atoms with Crippen LogP contribution in [0.1, 0.15) is 33.6 Å². The summed E-state index contributed by atoms with van der Waals surface area (Å²) in [6, 6.07) is 0.252. The van der Waals surface area contributed by atoms with Gasteiger partial charge in [-0.25, -0.2) is 0 Å². The Balaban J connectivity index is 2.22. The highest BCUT2D eigenvalue weighted by Crippen LogP contribution is 2.10. The van der Waals surface area contributed by atoms with Gasteiger partial charge in [-0.1, -0.05) is 13.8 Å². The normalized spacial score (nSPS) is 22.2. The van der Waals surface area contributed by atoms with Crippen molar-refractivity contribution in [2.75, 3.05) is 33.2 Å². The van der Waals surface area contributed by atoms with Crippen LogP contribution >= 0.6 is 0 Å². The van der Waals surface area contributed by atoms with Gasteiger partial charge >= 0.3 is 0 Å². The molecule has 4 heteroatoms. The topological polar surface area (TPSA) is 44.4 Å². The summed E-state index contributed by atoms with van der Waals surface area (Å²) in [6.45, 7) is 10.1. The summed E-state index contributed by atoms with van der Waals surface area (Å²) in [5.74, 6) is 1.32. The van der Waals surface area contributed by atoms with E-state index in [4.69, 9.17) is 0 Å². The van der Waals surface area contributed by atoms with Gasteiger partial charge < -0.3 is 10.6 Å². The Hall–Kier alpha value is -0.610. The average molecular weight is 255 g/mol. The molecule has 2 unspecified atom stereocenters. The maximum atomic E-state index is 11.8. The standard InChI is InChI=1S/C14H29N3O/c1-11(2)12(3)16-14(18)10-17(4)9-13-6-5-7-15-8-13/h11-13,15H,5-10H2,1-4H3,(H,16,18). The Kier molecular flexibility index (Phi) is 6.65. The zero-order valence-electron chi connectivity index (χ0n) is 12.3. The van der Waals surface area contributed by atoms with Crippen molar-refractivity contribution in [1.29, 1.82) is 0 Å². The summed E-state index contributed by atoms with van der Waals surface area (Å²) in [6.07, 6.45) is 2.54. The zero-order valence-corrected chi connectivity index (χ0v) is 12.3. The van der Waals surface area contributed by atoms with E-state index in [2.05, 4.69) is 36.3 Å². The summed E-state index contributed by atoms with van der Waals surface area (Å²) >= 11 is 0. The van der Waals surface area contributed by atoms with Crippen LogP contribution in [0.5, 0.6) is 0 Å². The first-order chi connectivity index (χ1) is 8.49. The predicted octanol–water partition coefficient (Wildman–Crippen LogP) is 1.08. The predicted molar refractivity (Wildman–Crippen MR) is 75.5 cm³/mol. The van der Waals surface area contributed by atoms with Crippen molar-refractivity contribution in [3.8, 4) is 0 Å². The molecular formula is C14H29N3O. The van der Waals surface area contributed by atoms with Crippen LogP contribution in [0.4, 0.5) is 0 Å². The number of piperidine rings is 1. The molecule has 0 saturated carbocycles. The molecule has 2 N–H and O–H groups in total. The number of hydrogen-bond donors (Lipinski definition) is 2. The van der Waals surface area contributed by atoms with Crippen molar-refractivity contribution in [1.82, 2.24) is 15.5 Å². The molecule has 1 aliphatic heterocycles. The fourth-order valence-electron chi connectivity index (χ4n) is 2.30. The molecule has 4 nitrogen and oxygen atoms in total. The third-order valence-corrected chi connectivity index (χ3v) is 3.77. The lowest BCUT2D eigenvalue weighted by molar-refractivity contribution is -0.123. The largest absolute Gasteiger partial charge is 0.352 e. The Labute approximate surface area is 111 Å². The minimum atomic E-state index is 0.141. The number of amides is 1. The number of likely N-dealkylation sites (N-methyl/N-ethyl adjacent to an activating group) is 1. The summed E-state index contributed by atoms with van der Waals surface area (Å²) in [4.78, 5) is 14.0. The Bertz CT molecular complexity index is 249. The van der Waals surface area contributed by atoms with Crippen molar-refractivity contribution in [3.05, 3.63) is 0 Å². The Morgan fingerprint density at radius 2 is 2.17 bits per heavy atom. The third kappa shape index (κ3) is 5.83. The molecule has 0 aromatic heterocycles. The molecule has 1 aliphatic rings. The fraction of sp³-hybridized carbons (Fsp3) is 0.929. The fourth-order valence-corrected chi connectivity index (χ4v) is 2.30. The van der Waals surface area contributed by atoms with E-state index in [0.717, 1.165) is 19.6 Å². The lowest BCUT2D eigenvalue weighted by Crippen LogP contribution is -2.44. The monoisotopic (exact) mass is 255 g/mol. The van der Waals surface area contributed by atoms with E-state index in [1.807, 2.05) is 7.05 Å². The molecule has 1 saturated heterocycles. The van der Waals surface area contributed by atoms with E-state index in [0.29, 0.717) is 18.4 Å². The molecule has 1 amide bonds. The van der Waals surface area contributed by atoms with Gasteiger partial charge in [0, 0.05) is 12.6 Å². The second-order valence-corrected chi connectivity index (χ2v) is 6.01. The smallest absolute Gasteiger partial charge is 0.234 e. The van der Waals surface area contributed by atoms with Gasteiger partial charge in [-0.3, -0.25) is 9.69 Å². The molecule has 106 valence electrons. The number of carbonyl (C=O) groups excluding carboxylic acids is 1. The second-order valence-electron chi connectivity index (χ2n) is 6.01. The van der Waals surface area contributed by atoms with Gasteiger partial charge in [-0.05, 0) is 51.7 Å². The molecule has 0 radical (unpaired) electrons. The molecule has 1 fully saturated rings. The molecule has 1 rings (SSSR count). The van der Waals surface area contributed by atoms with E-state index in [1.165, 1.54) is 12.8 Å². The van der Waals surface area contributed by atoms with Crippen molar-refractivity contribution in [2.45, 2.75) is 39.7 Å². The highest BCUT2D eigenvalue weighted by Gasteiger charge is 2.17. The maximum absolute atomic E-state index is 11.8. The van der Waals surface area contributed by atoms with Crippen molar-refractivity contribution in [2.24, 2.45) is 11.8 Å². The van der Waals surface area contributed by atoms with Crippen LogP contribution in [0.3, 0.4) is 0 Å². The van der Waals surface area contributed by atoms with Gasteiger partial charge in [-0.15, -0.1) is 0 Å². The Morgan fingerprint density at radius 3 is 2.72 bits per heavy atom. The molecule has 2 atom stereocenters. The first-order valence-corrected chi connectivity index (χ1v) is 7.17. The van der Waals surface area contributed by atoms with Crippen molar-refractivity contribution >= 4 is 5.91 Å². The molecule has 0 bridgehead atoms. The van der Waals surface area contributed by atoms with Crippen molar-refractivity contribution < 1.29 is 4.79 Å². The number of rotatable bonds is 6. The van der Waals surface area contributed by atoms with Gasteiger partial charge in [0.2, 0.25) is 5.91 Å². The van der Waals surface area contributed by atoms with E-state index in [9.17, 15) is 4.79 Å².